The number of benzene rings is 1. The molecule has 1 rings (SSSR count). The fourth-order valence-electron chi connectivity index (χ4n) is 2.07. The number of carbonyl (C=O) groups is 1. The summed E-state index contributed by atoms with van der Waals surface area (Å²) in [5.41, 5.74) is 2.74. The Hall–Kier alpha value is -0.960. The molecular weight excluding hydrogens is 290 g/mol. The van der Waals surface area contributed by atoms with Crippen molar-refractivity contribution in [2.75, 3.05) is 12.3 Å². The van der Waals surface area contributed by atoms with Crippen molar-refractivity contribution >= 4 is 17.7 Å². The zero-order valence-corrected chi connectivity index (χ0v) is 15.8. The average Bonchev–Trinajstić information content (AvgIpc) is 2.40. The highest BCUT2D eigenvalue weighted by Gasteiger charge is 2.13. The molecule has 0 aromatic heterocycles. The minimum absolute atomic E-state index is 0.148. The zero-order valence-electron chi connectivity index (χ0n) is 15.0. The standard InChI is InChI=1S/C19H31NOS/c1-18(2,3)16-10-7-15(8-11-16)9-12-17(21)20-13-14-22-19(4,5)6/h7-8,10-11H,9,12-14H2,1-6H3,(H,20,21). The van der Waals surface area contributed by atoms with Gasteiger partial charge in [0.15, 0.2) is 0 Å². The van der Waals surface area contributed by atoms with Gasteiger partial charge < -0.3 is 5.32 Å². The van der Waals surface area contributed by atoms with Gasteiger partial charge in [-0.1, -0.05) is 65.8 Å². The van der Waals surface area contributed by atoms with Crippen molar-refractivity contribution in [2.24, 2.45) is 0 Å². The van der Waals surface area contributed by atoms with Gasteiger partial charge in [0.1, 0.15) is 0 Å². The lowest BCUT2D eigenvalue weighted by Gasteiger charge is -2.19. The van der Waals surface area contributed by atoms with E-state index in [1.54, 1.807) is 0 Å². The first kappa shape index (κ1) is 19.1. The summed E-state index contributed by atoms with van der Waals surface area (Å²) in [6, 6.07) is 8.63. The summed E-state index contributed by atoms with van der Waals surface area (Å²) in [7, 11) is 0. The quantitative estimate of drug-likeness (QED) is 0.778. The molecule has 0 radical (unpaired) electrons. The fraction of sp³-hybridized carbons (Fsp3) is 0.632. The van der Waals surface area contributed by atoms with Crippen molar-refractivity contribution in [2.45, 2.75) is 64.5 Å². The number of amides is 1. The summed E-state index contributed by atoms with van der Waals surface area (Å²) >= 11 is 1.88. The van der Waals surface area contributed by atoms with Crippen LogP contribution in [0.2, 0.25) is 0 Å². The highest BCUT2D eigenvalue weighted by molar-refractivity contribution is 8.00. The van der Waals surface area contributed by atoms with Crippen LogP contribution in [0.15, 0.2) is 24.3 Å². The van der Waals surface area contributed by atoms with E-state index < -0.39 is 0 Å². The Kier molecular flexibility index (Phi) is 6.98. The summed E-state index contributed by atoms with van der Waals surface area (Å²) in [4.78, 5) is 11.8. The van der Waals surface area contributed by atoms with E-state index in [0.29, 0.717) is 6.42 Å². The Balaban J connectivity index is 2.29. The van der Waals surface area contributed by atoms with Crippen LogP contribution in [0.1, 0.15) is 59.1 Å². The summed E-state index contributed by atoms with van der Waals surface area (Å²) in [6.45, 7) is 14.0. The summed E-state index contributed by atoms with van der Waals surface area (Å²) < 4.78 is 0.263. The van der Waals surface area contributed by atoms with Crippen LogP contribution < -0.4 is 5.32 Å². The van der Waals surface area contributed by atoms with Gasteiger partial charge in [0.2, 0.25) is 5.91 Å². The van der Waals surface area contributed by atoms with E-state index in [0.717, 1.165) is 18.7 Å². The first-order valence-electron chi connectivity index (χ1n) is 8.08. The summed E-state index contributed by atoms with van der Waals surface area (Å²) in [5.74, 6) is 1.12. The van der Waals surface area contributed by atoms with Crippen LogP contribution in [0.4, 0.5) is 0 Å². The van der Waals surface area contributed by atoms with E-state index in [1.807, 2.05) is 11.8 Å². The number of rotatable bonds is 6. The molecule has 0 bridgehead atoms. The minimum atomic E-state index is 0.148. The van der Waals surface area contributed by atoms with Crippen LogP contribution >= 0.6 is 11.8 Å². The Labute approximate surface area is 140 Å². The molecular formula is C19H31NOS. The number of carbonyl (C=O) groups excluding carboxylic acids is 1. The lowest BCUT2D eigenvalue weighted by molar-refractivity contribution is -0.120. The molecule has 0 atom stereocenters. The second-order valence-corrected chi connectivity index (χ2v) is 9.68. The van der Waals surface area contributed by atoms with Crippen LogP contribution in [0.25, 0.3) is 0 Å². The third-order valence-corrected chi connectivity index (χ3v) is 4.69. The van der Waals surface area contributed by atoms with E-state index in [4.69, 9.17) is 0 Å². The first-order valence-corrected chi connectivity index (χ1v) is 9.06. The monoisotopic (exact) mass is 321 g/mol. The molecule has 0 saturated heterocycles. The van der Waals surface area contributed by atoms with E-state index in [9.17, 15) is 4.79 Å². The second kappa shape index (κ2) is 8.05. The molecule has 0 unspecified atom stereocenters. The Bertz CT molecular complexity index is 466. The van der Waals surface area contributed by atoms with Crippen molar-refractivity contribution in [1.29, 1.82) is 0 Å². The van der Waals surface area contributed by atoms with Crippen LogP contribution in [-0.4, -0.2) is 23.0 Å². The maximum Gasteiger partial charge on any atom is 0.220 e. The number of thioether (sulfide) groups is 1. The lowest BCUT2D eigenvalue weighted by Crippen LogP contribution is -2.27. The van der Waals surface area contributed by atoms with Gasteiger partial charge in [0, 0.05) is 23.5 Å². The minimum Gasteiger partial charge on any atom is -0.355 e. The molecule has 0 heterocycles. The first-order chi connectivity index (χ1) is 10.1. The van der Waals surface area contributed by atoms with Gasteiger partial charge in [-0.25, -0.2) is 0 Å². The molecule has 0 aliphatic heterocycles. The normalized spacial score (nSPS) is 12.3. The molecule has 0 spiro atoms. The number of nitrogens with one attached hydrogen (secondary N) is 1. The van der Waals surface area contributed by atoms with Gasteiger partial charge in [0.25, 0.3) is 0 Å². The maximum absolute atomic E-state index is 11.8. The van der Waals surface area contributed by atoms with Crippen molar-refractivity contribution < 1.29 is 4.79 Å². The third kappa shape index (κ3) is 7.88. The van der Waals surface area contributed by atoms with Gasteiger partial charge in [-0.15, -0.1) is 0 Å². The maximum atomic E-state index is 11.8. The molecule has 124 valence electrons. The number of hydrogen-bond acceptors (Lipinski definition) is 2. The molecule has 22 heavy (non-hydrogen) atoms. The summed E-state index contributed by atoms with van der Waals surface area (Å²) in [5, 5.41) is 3.00. The third-order valence-electron chi connectivity index (χ3n) is 3.42. The fourth-order valence-corrected chi connectivity index (χ4v) is 2.88. The van der Waals surface area contributed by atoms with Gasteiger partial charge >= 0.3 is 0 Å². The zero-order chi connectivity index (χ0) is 16.8. The van der Waals surface area contributed by atoms with Crippen molar-refractivity contribution in [3.8, 4) is 0 Å². The topological polar surface area (TPSA) is 29.1 Å². The van der Waals surface area contributed by atoms with Crippen molar-refractivity contribution in [1.82, 2.24) is 5.32 Å². The molecule has 1 aromatic carbocycles. The lowest BCUT2D eigenvalue weighted by atomic mass is 9.86. The molecule has 0 saturated carbocycles. The molecule has 0 aliphatic carbocycles. The largest absolute Gasteiger partial charge is 0.355 e. The van der Waals surface area contributed by atoms with Gasteiger partial charge in [0.05, 0.1) is 0 Å². The van der Waals surface area contributed by atoms with Crippen LogP contribution in [0.3, 0.4) is 0 Å². The smallest absolute Gasteiger partial charge is 0.220 e. The molecule has 1 amide bonds. The van der Waals surface area contributed by atoms with E-state index in [2.05, 4.69) is 71.1 Å². The molecule has 0 aliphatic rings. The van der Waals surface area contributed by atoms with E-state index >= 15 is 0 Å². The van der Waals surface area contributed by atoms with Crippen LogP contribution in [0.5, 0.6) is 0 Å². The van der Waals surface area contributed by atoms with Gasteiger partial charge in [-0.05, 0) is 23.0 Å². The van der Waals surface area contributed by atoms with Crippen LogP contribution in [0, 0.1) is 0 Å². The van der Waals surface area contributed by atoms with Crippen LogP contribution in [-0.2, 0) is 16.6 Å². The summed E-state index contributed by atoms with van der Waals surface area (Å²) in [6.07, 6.45) is 1.37. The predicted octanol–water partition coefficient (Wildman–Crippen LogP) is 4.56. The Morgan fingerprint density at radius 3 is 2.14 bits per heavy atom. The van der Waals surface area contributed by atoms with Crippen molar-refractivity contribution in [3.63, 3.8) is 0 Å². The second-order valence-electron chi connectivity index (χ2n) is 7.76. The molecule has 1 aromatic rings. The van der Waals surface area contributed by atoms with E-state index in [1.165, 1.54) is 11.1 Å². The predicted molar refractivity (Wildman–Crippen MR) is 98.7 cm³/mol. The number of aryl methyl sites for hydroxylation is 1. The highest BCUT2D eigenvalue weighted by atomic mass is 32.2. The average molecular weight is 322 g/mol. The molecule has 2 nitrogen and oxygen atoms in total. The van der Waals surface area contributed by atoms with Gasteiger partial charge in [-0.3, -0.25) is 4.79 Å². The van der Waals surface area contributed by atoms with Gasteiger partial charge in [-0.2, -0.15) is 11.8 Å². The Morgan fingerprint density at radius 2 is 1.64 bits per heavy atom. The Morgan fingerprint density at radius 1 is 1.05 bits per heavy atom. The SMILES string of the molecule is CC(C)(C)SCCNC(=O)CCc1ccc(C(C)(C)C)cc1. The molecule has 1 N–H and O–H groups in total. The highest BCUT2D eigenvalue weighted by Crippen LogP contribution is 2.23. The number of hydrogen-bond donors (Lipinski definition) is 1. The van der Waals surface area contributed by atoms with E-state index in [-0.39, 0.29) is 16.1 Å². The molecule has 3 heteroatoms. The van der Waals surface area contributed by atoms with Crippen molar-refractivity contribution in [3.05, 3.63) is 35.4 Å². The molecule has 0 fully saturated rings.